The summed E-state index contributed by atoms with van der Waals surface area (Å²) in [6.45, 7) is 0.173. The minimum Gasteiger partial charge on any atom is -0.457 e. The van der Waals surface area contributed by atoms with E-state index in [0.29, 0.717) is 0 Å². The van der Waals surface area contributed by atoms with Crippen molar-refractivity contribution in [2.24, 2.45) is 0 Å². The third-order valence-corrected chi connectivity index (χ3v) is 3.14. The average molecular weight is 276 g/mol. The van der Waals surface area contributed by atoms with Crippen molar-refractivity contribution < 1.29 is 18.3 Å². The highest BCUT2D eigenvalue weighted by atomic mass is 32.2. The van der Waals surface area contributed by atoms with E-state index < -0.39 is 17.0 Å². The first-order valence-electron chi connectivity index (χ1n) is 5.59. The maximum Gasteiger partial charge on any atom is 0.338 e. The zero-order chi connectivity index (χ0) is 13.7. The van der Waals surface area contributed by atoms with Crippen LogP contribution < -0.4 is 0 Å². The minimum absolute atomic E-state index is 0.173. The maximum atomic E-state index is 11.8. The van der Waals surface area contributed by atoms with Gasteiger partial charge in [-0.15, -0.1) is 0 Å². The summed E-state index contributed by atoms with van der Waals surface area (Å²) in [4.78, 5) is 12.0. The molecule has 0 saturated carbocycles. The molecular formula is C14H12O4S. The lowest BCUT2D eigenvalue weighted by molar-refractivity contribution is 0.0472. The largest absolute Gasteiger partial charge is 0.457 e. The van der Waals surface area contributed by atoms with Crippen LogP contribution in [0.15, 0.2) is 59.5 Å². The van der Waals surface area contributed by atoms with Crippen LogP contribution in [-0.4, -0.2) is 14.7 Å². The van der Waals surface area contributed by atoms with Crippen molar-refractivity contribution in [3.05, 3.63) is 65.7 Å². The van der Waals surface area contributed by atoms with E-state index in [-0.39, 0.29) is 17.1 Å². The first kappa shape index (κ1) is 13.5. The van der Waals surface area contributed by atoms with Crippen LogP contribution in [-0.2, 0) is 22.4 Å². The van der Waals surface area contributed by atoms with E-state index in [1.54, 1.807) is 12.1 Å². The zero-order valence-corrected chi connectivity index (χ0v) is 10.8. The fourth-order valence-corrected chi connectivity index (χ4v) is 1.96. The Kier molecular flexibility index (Phi) is 4.43. The predicted octanol–water partition coefficient (Wildman–Crippen LogP) is 2.62. The molecule has 2 rings (SSSR count). The van der Waals surface area contributed by atoms with E-state index in [0.717, 1.165) is 5.56 Å². The Balaban J connectivity index is 2.04. The Morgan fingerprint density at radius 1 is 1.11 bits per heavy atom. The van der Waals surface area contributed by atoms with Gasteiger partial charge in [0.2, 0.25) is 0 Å². The highest BCUT2D eigenvalue weighted by molar-refractivity contribution is 7.79. The van der Waals surface area contributed by atoms with Crippen molar-refractivity contribution in [1.82, 2.24) is 0 Å². The van der Waals surface area contributed by atoms with Crippen molar-refractivity contribution in [1.29, 1.82) is 0 Å². The molecule has 0 aliphatic heterocycles. The van der Waals surface area contributed by atoms with Gasteiger partial charge in [-0.1, -0.05) is 36.4 Å². The second-order valence-corrected chi connectivity index (χ2v) is 4.81. The smallest absolute Gasteiger partial charge is 0.338 e. The quantitative estimate of drug-likeness (QED) is 0.688. The van der Waals surface area contributed by atoms with E-state index in [4.69, 9.17) is 9.29 Å². The molecule has 0 aliphatic rings. The Labute approximate surface area is 113 Å². The summed E-state index contributed by atoms with van der Waals surface area (Å²) in [5, 5.41) is 0. The number of hydrogen-bond acceptors (Lipinski definition) is 3. The van der Waals surface area contributed by atoms with Gasteiger partial charge in [0.25, 0.3) is 0 Å². The van der Waals surface area contributed by atoms with Crippen molar-refractivity contribution >= 4 is 17.0 Å². The first-order valence-corrected chi connectivity index (χ1v) is 6.69. The topological polar surface area (TPSA) is 63.6 Å². The van der Waals surface area contributed by atoms with Crippen molar-refractivity contribution in [2.45, 2.75) is 11.5 Å². The van der Waals surface area contributed by atoms with Crippen molar-refractivity contribution in [3.63, 3.8) is 0 Å². The molecule has 1 atom stereocenters. The van der Waals surface area contributed by atoms with E-state index in [1.165, 1.54) is 12.1 Å². The number of ether oxygens (including phenoxy) is 1. The number of carbonyl (C=O) groups excluding carboxylic acids is 1. The molecule has 0 spiro atoms. The average Bonchev–Trinajstić information content (AvgIpc) is 2.46. The number of esters is 1. The normalized spacial score (nSPS) is 11.8. The molecule has 0 amide bonds. The van der Waals surface area contributed by atoms with Crippen LogP contribution in [0.3, 0.4) is 0 Å². The van der Waals surface area contributed by atoms with Gasteiger partial charge in [-0.3, -0.25) is 0 Å². The van der Waals surface area contributed by atoms with Crippen LogP contribution in [0.5, 0.6) is 0 Å². The maximum absolute atomic E-state index is 11.8. The first-order chi connectivity index (χ1) is 9.16. The van der Waals surface area contributed by atoms with Gasteiger partial charge in [0.1, 0.15) is 6.61 Å². The highest BCUT2D eigenvalue weighted by Gasteiger charge is 2.09. The van der Waals surface area contributed by atoms with E-state index >= 15 is 0 Å². The fourth-order valence-electron chi connectivity index (χ4n) is 1.54. The highest BCUT2D eigenvalue weighted by Crippen LogP contribution is 2.11. The lowest BCUT2D eigenvalue weighted by atomic mass is 10.2. The van der Waals surface area contributed by atoms with E-state index in [9.17, 15) is 9.00 Å². The molecule has 1 N–H and O–H groups in total. The van der Waals surface area contributed by atoms with E-state index in [2.05, 4.69) is 0 Å². The monoisotopic (exact) mass is 276 g/mol. The number of hydrogen-bond donors (Lipinski definition) is 1. The fraction of sp³-hybridized carbons (Fsp3) is 0.0714. The van der Waals surface area contributed by atoms with Gasteiger partial charge in [0.15, 0.2) is 11.1 Å². The molecule has 98 valence electrons. The third-order valence-electron chi connectivity index (χ3n) is 2.48. The molecule has 2 aromatic rings. The summed E-state index contributed by atoms with van der Waals surface area (Å²) in [7, 11) is 0. The second kappa shape index (κ2) is 6.26. The SMILES string of the molecule is O=C(OCc1ccccc1)c1cccc(S(=O)O)c1. The van der Waals surface area contributed by atoms with E-state index in [1.807, 2.05) is 30.3 Å². The lowest BCUT2D eigenvalue weighted by Crippen LogP contribution is -2.06. The molecule has 0 radical (unpaired) electrons. The summed E-state index contributed by atoms with van der Waals surface area (Å²) < 4.78 is 25.0. The van der Waals surface area contributed by atoms with Crippen molar-refractivity contribution in [3.8, 4) is 0 Å². The number of carbonyl (C=O) groups is 1. The van der Waals surface area contributed by atoms with Crippen LogP contribution in [0.1, 0.15) is 15.9 Å². The van der Waals surface area contributed by atoms with Crippen LogP contribution in [0.2, 0.25) is 0 Å². The summed E-state index contributed by atoms with van der Waals surface area (Å²) in [6.07, 6.45) is 0. The Morgan fingerprint density at radius 3 is 2.53 bits per heavy atom. The number of benzene rings is 2. The van der Waals surface area contributed by atoms with Gasteiger partial charge in [0, 0.05) is 0 Å². The van der Waals surface area contributed by atoms with Crippen LogP contribution in [0, 0.1) is 0 Å². The van der Waals surface area contributed by atoms with Crippen molar-refractivity contribution in [2.75, 3.05) is 0 Å². The molecule has 1 unspecified atom stereocenters. The van der Waals surface area contributed by atoms with Crippen LogP contribution in [0.25, 0.3) is 0 Å². The zero-order valence-electron chi connectivity index (χ0n) is 9.98. The second-order valence-electron chi connectivity index (χ2n) is 3.84. The summed E-state index contributed by atoms with van der Waals surface area (Å²) >= 11 is -2.10. The van der Waals surface area contributed by atoms with Crippen LogP contribution >= 0.6 is 0 Å². The van der Waals surface area contributed by atoms with Gasteiger partial charge >= 0.3 is 5.97 Å². The van der Waals surface area contributed by atoms with Gasteiger partial charge in [-0.25, -0.2) is 9.00 Å². The number of rotatable bonds is 4. The molecule has 0 aromatic heterocycles. The summed E-state index contributed by atoms with van der Waals surface area (Å²) in [5.74, 6) is -0.517. The molecule has 0 saturated heterocycles. The molecule has 2 aromatic carbocycles. The van der Waals surface area contributed by atoms with Gasteiger partial charge in [0.05, 0.1) is 10.5 Å². The Bertz CT molecular complexity index is 595. The van der Waals surface area contributed by atoms with Gasteiger partial charge in [-0.2, -0.15) is 0 Å². The molecule has 0 fully saturated rings. The molecule has 0 heterocycles. The van der Waals surface area contributed by atoms with Gasteiger partial charge < -0.3 is 9.29 Å². The third kappa shape index (κ3) is 3.74. The van der Waals surface area contributed by atoms with Gasteiger partial charge in [-0.05, 0) is 23.8 Å². The Hall–Kier alpha value is -1.98. The van der Waals surface area contributed by atoms with Crippen LogP contribution in [0.4, 0.5) is 0 Å². The lowest BCUT2D eigenvalue weighted by Gasteiger charge is -2.05. The summed E-state index contributed by atoms with van der Waals surface area (Å²) in [5.41, 5.74) is 1.15. The molecule has 19 heavy (non-hydrogen) atoms. The minimum atomic E-state index is -2.10. The molecule has 0 bridgehead atoms. The predicted molar refractivity (Wildman–Crippen MR) is 71.0 cm³/mol. The molecule has 0 aliphatic carbocycles. The molecule has 5 heteroatoms. The molecule has 4 nitrogen and oxygen atoms in total. The standard InChI is InChI=1S/C14H12O4S/c15-14(18-10-11-5-2-1-3-6-11)12-7-4-8-13(9-12)19(16)17/h1-9H,10H2,(H,16,17). The Morgan fingerprint density at radius 2 is 1.84 bits per heavy atom. The summed E-state index contributed by atoms with van der Waals surface area (Å²) in [6, 6.07) is 15.2. The molecular weight excluding hydrogens is 264 g/mol.